The molecule has 0 aromatic heterocycles. The van der Waals surface area contributed by atoms with Crippen molar-refractivity contribution in [2.24, 2.45) is 11.8 Å². The van der Waals surface area contributed by atoms with Crippen LogP contribution in [0.5, 0.6) is 0 Å². The summed E-state index contributed by atoms with van der Waals surface area (Å²) in [4.78, 5) is 0. The van der Waals surface area contributed by atoms with Gasteiger partial charge in [-0.2, -0.15) is 0 Å². The lowest BCUT2D eigenvalue weighted by Crippen LogP contribution is -2.11. The van der Waals surface area contributed by atoms with Crippen molar-refractivity contribution in [3.63, 3.8) is 0 Å². The second kappa shape index (κ2) is 24.3. The number of hydrogen-bond donors (Lipinski definition) is 0. The van der Waals surface area contributed by atoms with Gasteiger partial charge in [-0.15, -0.1) is 0 Å². The fraction of sp³-hybridized carbons (Fsp3) is 0.966. The third kappa shape index (κ3) is 21.0. The molecule has 29 heavy (non-hydrogen) atoms. The minimum Gasteiger partial charge on any atom is -0.0654 e. The molecule has 0 rings (SSSR count). The highest BCUT2D eigenvalue weighted by Crippen LogP contribution is 2.30. The standard InChI is InChI=1S/C29H59/c1-5-9-13-16-18-22-26-29(24-20-15-11-7-3)27-28(23-19-12-8-4)25-21-17-14-10-6-2/h27-29H,5-26H2,1-4H3. The minimum atomic E-state index is 0.902. The quantitative estimate of drug-likeness (QED) is 0.139. The van der Waals surface area contributed by atoms with Crippen LogP contribution in [0.2, 0.25) is 0 Å². The van der Waals surface area contributed by atoms with Gasteiger partial charge in [-0.25, -0.2) is 0 Å². The molecule has 0 aliphatic heterocycles. The second-order valence-electron chi connectivity index (χ2n) is 9.82. The van der Waals surface area contributed by atoms with Crippen LogP contribution < -0.4 is 0 Å². The third-order valence-corrected chi connectivity index (χ3v) is 6.76. The molecule has 175 valence electrons. The molecule has 0 aliphatic carbocycles. The van der Waals surface area contributed by atoms with Crippen molar-refractivity contribution in [3.05, 3.63) is 6.42 Å². The maximum atomic E-state index is 2.87. The summed E-state index contributed by atoms with van der Waals surface area (Å²) in [7, 11) is 0. The molecule has 0 nitrogen and oxygen atoms in total. The summed E-state index contributed by atoms with van der Waals surface area (Å²) >= 11 is 0. The molecule has 0 saturated carbocycles. The average Bonchev–Trinajstić information content (AvgIpc) is 2.73. The zero-order valence-corrected chi connectivity index (χ0v) is 21.3. The Bertz CT molecular complexity index is 282. The lowest BCUT2D eigenvalue weighted by atomic mass is 9.82. The van der Waals surface area contributed by atoms with E-state index in [0.717, 1.165) is 11.8 Å². The van der Waals surface area contributed by atoms with E-state index in [1.54, 1.807) is 0 Å². The Morgan fingerprint density at radius 2 is 0.586 bits per heavy atom. The summed E-state index contributed by atoms with van der Waals surface area (Å²) in [5, 5.41) is 0. The van der Waals surface area contributed by atoms with E-state index >= 15 is 0 Å². The van der Waals surface area contributed by atoms with Gasteiger partial charge in [-0.05, 0) is 18.3 Å². The molecule has 2 atom stereocenters. The maximum Gasteiger partial charge on any atom is -0.0324 e. The number of unbranched alkanes of at least 4 members (excludes halogenated alkanes) is 14. The van der Waals surface area contributed by atoms with Crippen LogP contribution in [0, 0.1) is 18.3 Å². The molecule has 0 aliphatic rings. The molecule has 0 saturated heterocycles. The monoisotopic (exact) mass is 407 g/mol. The first-order valence-electron chi connectivity index (χ1n) is 14.1. The molecule has 0 spiro atoms. The Kier molecular flexibility index (Phi) is 24.3. The van der Waals surface area contributed by atoms with E-state index in [0.29, 0.717) is 0 Å². The van der Waals surface area contributed by atoms with E-state index in [9.17, 15) is 0 Å². The van der Waals surface area contributed by atoms with Crippen LogP contribution in [0.3, 0.4) is 0 Å². The van der Waals surface area contributed by atoms with Crippen molar-refractivity contribution in [2.45, 2.75) is 169 Å². The van der Waals surface area contributed by atoms with Crippen LogP contribution in [0.1, 0.15) is 169 Å². The van der Waals surface area contributed by atoms with Gasteiger partial charge in [0.25, 0.3) is 0 Å². The molecule has 0 heterocycles. The van der Waals surface area contributed by atoms with Crippen LogP contribution >= 0.6 is 0 Å². The fourth-order valence-electron chi connectivity index (χ4n) is 4.75. The SMILES string of the molecule is CCCCCCCCC([CH]C(CCCCC)CCCCCCC)CCCCCC. The lowest BCUT2D eigenvalue weighted by Gasteiger charge is -2.24. The maximum absolute atomic E-state index is 2.87. The summed E-state index contributed by atoms with van der Waals surface area (Å²) in [5.41, 5.74) is 0. The van der Waals surface area contributed by atoms with Crippen molar-refractivity contribution in [2.75, 3.05) is 0 Å². The summed E-state index contributed by atoms with van der Waals surface area (Å²) in [6.07, 6.45) is 34.5. The molecule has 0 heteroatoms. The third-order valence-electron chi connectivity index (χ3n) is 6.76. The van der Waals surface area contributed by atoms with E-state index < -0.39 is 0 Å². The zero-order valence-electron chi connectivity index (χ0n) is 21.3. The van der Waals surface area contributed by atoms with Gasteiger partial charge >= 0.3 is 0 Å². The van der Waals surface area contributed by atoms with Crippen LogP contribution in [-0.2, 0) is 0 Å². The summed E-state index contributed by atoms with van der Waals surface area (Å²) < 4.78 is 0. The van der Waals surface area contributed by atoms with E-state index in [-0.39, 0.29) is 0 Å². The van der Waals surface area contributed by atoms with Gasteiger partial charge in [0.15, 0.2) is 0 Å². The van der Waals surface area contributed by atoms with Gasteiger partial charge in [-0.1, -0.05) is 169 Å². The van der Waals surface area contributed by atoms with E-state index in [2.05, 4.69) is 34.1 Å². The first-order chi connectivity index (χ1) is 14.3. The molecule has 0 bridgehead atoms. The summed E-state index contributed by atoms with van der Waals surface area (Å²) in [5.74, 6) is 1.81. The van der Waals surface area contributed by atoms with Gasteiger partial charge in [0.1, 0.15) is 0 Å². The average molecular weight is 408 g/mol. The Hall–Kier alpha value is 0. The van der Waals surface area contributed by atoms with E-state index in [1.807, 2.05) is 0 Å². The topological polar surface area (TPSA) is 0 Å². The van der Waals surface area contributed by atoms with Gasteiger partial charge in [0, 0.05) is 0 Å². The molecule has 0 aromatic rings. The predicted molar refractivity (Wildman–Crippen MR) is 136 cm³/mol. The van der Waals surface area contributed by atoms with Crippen molar-refractivity contribution in [3.8, 4) is 0 Å². The first kappa shape index (κ1) is 29.0. The van der Waals surface area contributed by atoms with Gasteiger partial charge in [0.05, 0.1) is 0 Å². The van der Waals surface area contributed by atoms with Gasteiger partial charge < -0.3 is 0 Å². The van der Waals surface area contributed by atoms with Crippen LogP contribution in [0.25, 0.3) is 0 Å². The second-order valence-corrected chi connectivity index (χ2v) is 9.82. The number of hydrogen-bond acceptors (Lipinski definition) is 0. The molecule has 1 radical (unpaired) electrons. The molecule has 2 unspecified atom stereocenters. The van der Waals surface area contributed by atoms with Gasteiger partial charge in [0.2, 0.25) is 0 Å². The molecule has 0 amide bonds. The highest BCUT2D eigenvalue weighted by atomic mass is 14.2. The molecular formula is C29H59. The molecular weight excluding hydrogens is 348 g/mol. The highest BCUT2D eigenvalue weighted by Gasteiger charge is 2.17. The molecule has 0 N–H and O–H groups in total. The fourth-order valence-corrected chi connectivity index (χ4v) is 4.75. The Morgan fingerprint density at radius 3 is 0.966 bits per heavy atom. The largest absolute Gasteiger partial charge is 0.0654 e. The Labute approximate surface area is 187 Å². The van der Waals surface area contributed by atoms with Crippen LogP contribution in [0.4, 0.5) is 0 Å². The minimum absolute atomic E-state index is 0.902. The van der Waals surface area contributed by atoms with E-state index in [4.69, 9.17) is 0 Å². The van der Waals surface area contributed by atoms with Gasteiger partial charge in [-0.3, -0.25) is 0 Å². The smallest absolute Gasteiger partial charge is 0.0324 e. The van der Waals surface area contributed by atoms with Crippen molar-refractivity contribution in [1.29, 1.82) is 0 Å². The Morgan fingerprint density at radius 1 is 0.345 bits per heavy atom. The van der Waals surface area contributed by atoms with Crippen LogP contribution in [0.15, 0.2) is 0 Å². The normalized spacial score (nSPS) is 13.7. The Balaban J connectivity index is 4.41. The summed E-state index contributed by atoms with van der Waals surface area (Å²) in [6, 6.07) is 0. The summed E-state index contributed by atoms with van der Waals surface area (Å²) in [6.45, 7) is 9.33. The van der Waals surface area contributed by atoms with E-state index in [1.165, 1.54) is 141 Å². The van der Waals surface area contributed by atoms with Crippen molar-refractivity contribution < 1.29 is 0 Å². The molecule has 0 aromatic carbocycles. The lowest BCUT2D eigenvalue weighted by molar-refractivity contribution is 0.366. The predicted octanol–water partition coefficient (Wildman–Crippen LogP) is 11.1. The van der Waals surface area contributed by atoms with Crippen LogP contribution in [-0.4, -0.2) is 0 Å². The number of rotatable bonds is 24. The molecule has 0 fully saturated rings. The zero-order chi connectivity index (χ0) is 21.4. The van der Waals surface area contributed by atoms with Crippen molar-refractivity contribution in [1.82, 2.24) is 0 Å². The van der Waals surface area contributed by atoms with Crippen molar-refractivity contribution >= 4 is 0 Å². The highest BCUT2D eigenvalue weighted by molar-refractivity contribution is 4.84. The first-order valence-corrected chi connectivity index (χ1v) is 14.1.